The number of nitrogens with zero attached hydrogens (tertiary/aromatic N) is 2. The van der Waals surface area contributed by atoms with Gasteiger partial charge in [-0.25, -0.2) is 0 Å². The smallest absolute Gasteiger partial charge is 0.225 e. The lowest BCUT2D eigenvalue weighted by Gasteiger charge is -2.35. The van der Waals surface area contributed by atoms with Gasteiger partial charge in [0.2, 0.25) is 5.91 Å². The second-order valence-electron chi connectivity index (χ2n) is 6.73. The number of ether oxygens (including phenoxy) is 1. The molecule has 1 heterocycles. The summed E-state index contributed by atoms with van der Waals surface area (Å²) >= 11 is 0. The third-order valence-electron chi connectivity index (χ3n) is 5.03. The summed E-state index contributed by atoms with van der Waals surface area (Å²) in [5.41, 5.74) is 5.82. The van der Waals surface area contributed by atoms with E-state index in [2.05, 4.69) is 4.90 Å². The van der Waals surface area contributed by atoms with Crippen LogP contribution in [0.4, 0.5) is 0 Å². The highest BCUT2D eigenvalue weighted by Crippen LogP contribution is 2.27. The molecule has 0 radical (unpaired) electrons. The van der Waals surface area contributed by atoms with Gasteiger partial charge in [0.1, 0.15) is 12.4 Å². The Labute approximate surface area is 143 Å². The molecule has 6 nitrogen and oxygen atoms in total. The molecule has 0 aromatic heterocycles. The largest absolute Gasteiger partial charge is 0.492 e. The average Bonchev–Trinajstić information content (AvgIpc) is 2.95. The van der Waals surface area contributed by atoms with Crippen LogP contribution in [0, 0.1) is 5.92 Å². The van der Waals surface area contributed by atoms with Crippen molar-refractivity contribution in [3.63, 3.8) is 0 Å². The SMILES string of the molecule is N[C@H]1C[C@H](C(=O)N2CCN(CCOc3ccccc3)CC2)C[C@@H]1O. The number of rotatable bonds is 5. The second kappa shape index (κ2) is 7.96. The first-order valence-corrected chi connectivity index (χ1v) is 8.76. The summed E-state index contributed by atoms with van der Waals surface area (Å²) in [6.45, 7) is 4.74. The molecule has 1 aromatic rings. The van der Waals surface area contributed by atoms with Crippen LogP contribution >= 0.6 is 0 Å². The number of hydrogen-bond donors (Lipinski definition) is 2. The summed E-state index contributed by atoms with van der Waals surface area (Å²) in [5, 5.41) is 9.73. The van der Waals surface area contributed by atoms with Gasteiger partial charge in [-0.15, -0.1) is 0 Å². The molecule has 132 valence electrons. The summed E-state index contributed by atoms with van der Waals surface area (Å²) in [5.74, 6) is 0.938. The minimum absolute atomic E-state index is 0.108. The van der Waals surface area contributed by atoms with E-state index in [0.29, 0.717) is 19.4 Å². The van der Waals surface area contributed by atoms with Crippen molar-refractivity contribution in [2.75, 3.05) is 39.3 Å². The quantitative estimate of drug-likeness (QED) is 0.811. The molecule has 1 saturated carbocycles. The van der Waals surface area contributed by atoms with Gasteiger partial charge < -0.3 is 20.5 Å². The Kier molecular flexibility index (Phi) is 5.71. The van der Waals surface area contributed by atoms with Crippen LogP contribution in [0.5, 0.6) is 5.75 Å². The van der Waals surface area contributed by atoms with Crippen LogP contribution in [0.15, 0.2) is 30.3 Å². The summed E-state index contributed by atoms with van der Waals surface area (Å²) in [6.07, 6.45) is 0.575. The van der Waals surface area contributed by atoms with Crippen molar-refractivity contribution in [3.8, 4) is 5.75 Å². The van der Waals surface area contributed by atoms with Gasteiger partial charge in [0.25, 0.3) is 0 Å². The summed E-state index contributed by atoms with van der Waals surface area (Å²) in [6, 6.07) is 9.56. The van der Waals surface area contributed by atoms with E-state index in [0.717, 1.165) is 38.5 Å². The minimum atomic E-state index is -0.532. The van der Waals surface area contributed by atoms with E-state index < -0.39 is 6.10 Å². The van der Waals surface area contributed by atoms with E-state index in [1.165, 1.54) is 0 Å². The molecular weight excluding hydrogens is 306 g/mol. The number of aliphatic hydroxyl groups is 1. The Morgan fingerprint density at radius 1 is 1.17 bits per heavy atom. The molecule has 1 aromatic carbocycles. The van der Waals surface area contributed by atoms with Gasteiger partial charge in [-0.2, -0.15) is 0 Å². The van der Waals surface area contributed by atoms with Crippen molar-refractivity contribution in [1.82, 2.24) is 9.80 Å². The van der Waals surface area contributed by atoms with Gasteiger partial charge in [-0.3, -0.25) is 9.69 Å². The summed E-state index contributed by atoms with van der Waals surface area (Å²) in [4.78, 5) is 16.8. The molecule has 2 aliphatic rings. The maximum atomic E-state index is 12.5. The Balaban J connectivity index is 1.37. The van der Waals surface area contributed by atoms with Crippen molar-refractivity contribution < 1.29 is 14.6 Å². The highest BCUT2D eigenvalue weighted by molar-refractivity contribution is 5.79. The highest BCUT2D eigenvalue weighted by Gasteiger charge is 2.37. The first-order valence-electron chi connectivity index (χ1n) is 8.76. The van der Waals surface area contributed by atoms with Gasteiger partial charge in [-0.1, -0.05) is 18.2 Å². The molecular formula is C18H27N3O3. The molecule has 0 spiro atoms. The number of carbonyl (C=O) groups is 1. The number of para-hydroxylation sites is 1. The predicted molar refractivity (Wildman–Crippen MR) is 91.7 cm³/mol. The molecule has 24 heavy (non-hydrogen) atoms. The zero-order valence-electron chi connectivity index (χ0n) is 14.0. The maximum absolute atomic E-state index is 12.5. The van der Waals surface area contributed by atoms with Crippen LogP contribution in [0.2, 0.25) is 0 Å². The highest BCUT2D eigenvalue weighted by atomic mass is 16.5. The van der Waals surface area contributed by atoms with E-state index in [4.69, 9.17) is 10.5 Å². The van der Waals surface area contributed by atoms with E-state index in [9.17, 15) is 9.90 Å². The van der Waals surface area contributed by atoms with Crippen LogP contribution in [0.1, 0.15) is 12.8 Å². The molecule has 3 atom stereocenters. The number of aliphatic hydroxyl groups excluding tert-OH is 1. The Morgan fingerprint density at radius 3 is 2.50 bits per heavy atom. The van der Waals surface area contributed by atoms with Gasteiger partial charge in [0.15, 0.2) is 0 Å². The number of nitrogens with two attached hydrogens (primary N) is 1. The Morgan fingerprint density at radius 2 is 1.88 bits per heavy atom. The number of carbonyl (C=O) groups excluding carboxylic acids is 1. The van der Waals surface area contributed by atoms with Crippen LogP contribution in [0.25, 0.3) is 0 Å². The molecule has 1 aliphatic heterocycles. The molecule has 3 N–H and O–H groups in total. The van der Waals surface area contributed by atoms with Crippen LogP contribution in [-0.4, -0.2) is 72.3 Å². The first kappa shape index (κ1) is 17.2. The fraction of sp³-hybridized carbons (Fsp3) is 0.611. The number of piperazine rings is 1. The normalized spacial score (nSPS) is 28.1. The van der Waals surface area contributed by atoms with Gasteiger partial charge in [-0.05, 0) is 25.0 Å². The molecule has 1 saturated heterocycles. The molecule has 0 unspecified atom stereocenters. The third kappa shape index (κ3) is 4.26. The second-order valence-corrected chi connectivity index (χ2v) is 6.73. The maximum Gasteiger partial charge on any atom is 0.225 e. The minimum Gasteiger partial charge on any atom is -0.492 e. The summed E-state index contributed by atoms with van der Waals surface area (Å²) < 4.78 is 5.72. The number of hydrogen-bond acceptors (Lipinski definition) is 5. The van der Waals surface area contributed by atoms with E-state index in [-0.39, 0.29) is 17.9 Å². The monoisotopic (exact) mass is 333 g/mol. The molecule has 2 fully saturated rings. The van der Waals surface area contributed by atoms with Crippen LogP contribution in [0.3, 0.4) is 0 Å². The zero-order valence-corrected chi connectivity index (χ0v) is 14.0. The number of amides is 1. The lowest BCUT2D eigenvalue weighted by atomic mass is 10.1. The lowest BCUT2D eigenvalue weighted by molar-refractivity contribution is -0.137. The third-order valence-corrected chi connectivity index (χ3v) is 5.03. The van der Waals surface area contributed by atoms with Gasteiger partial charge in [0, 0.05) is 44.7 Å². The van der Waals surface area contributed by atoms with Crippen molar-refractivity contribution in [2.45, 2.75) is 25.0 Å². The van der Waals surface area contributed by atoms with Crippen molar-refractivity contribution >= 4 is 5.91 Å². The van der Waals surface area contributed by atoms with Crippen LogP contribution < -0.4 is 10.5 Å². The summed E-state index contributed by atoms with van der Waals surface area (Å²) in [7, 11) is 0. The molecule has 6 heteroatoms. The lowest BCUT2D eigenvalue weighted by Crippen LogP contribution is -2.50. The standard InChI is InChI=1S/C18H27N3O3/c19-16-12-14(13-17(16)22)18(23)21-8-6-20(7-9-21)10-11-24-15-4-2-1-3-5-15/h1-5,14,16-17,22H,6-13,19H2/t14-,16-,17-/m0/s1. The zero-order chi connectivity index (χ0) is 16.9. The van der Waals surface area contributed by atoms with Crippen molar-refractivity contribution in [3.05, 3.63) is 30.3 Å². The predicted octanol–water partition coefficient (Wildman–Crippen LogP) is 0.308. The molecule has 3 rings (SSSR count). The van der Waals surface area contributed by atoms with E-state index in [1.807, 2.05) is 35.2 Å². The van der Waals surface area contributed by atoms with E-state index >= 15 is 0 Å². The Bertz CT molecular complexity index is 522. The average molecular weight is 333 g/mol. The molecule has 0 bridgehead atoms. The van der Waals surface area contributed by atoms with Gasteiger partial charge in [0.05, 0.1) is 6.10 Å². The van der Waals surface area contributed by atoms with Crippen LogP contribution in [-0.2, 0) is 4.79 Å². The van der Waals surface area contributed by atoms with Crippen molar-refractivity contribution in [1.29, 1.82) is 0 Å². The van der Waals surface area contributed by atoms with Gasteiger partial charge >= 0.3 is 0 Å². The first-order chi connectivity index (χ1) is 11.6. The Hall–Kier alpha value is -1.63. The molecule has 1 aliphatic carbocycles. The molecule has 1 amide bonds. The van der Waals surface area contributed by atoms with Crippen molar-refractivity contribution in [2.24, 2.45) is 11.7 Å². The topological polar surface area (TPSA) is 79.0 Å². The fourth-order valence-electron chi connectivity index (χ4n) is 3.51. The van der Waals surface area contributed by atoms with E-state index in [1.54, 1.807) is 0 Å². The number of benzene rings is 1. The fourth-order valence-corrected chi connectivity index (χ4v) is 3.51.